The van der Waals surface area contributed by atoms with Gasteiger partial charge in [0.2, 0.25) is 5.91 Å². The molecule has 0 aromatic heterocycles. The maximum atomic E-state index is 11.4. The molecule has 13 heavy (non-hydrogen) atoms. The van der Waals surface area contributed by atoms with E-state index < -0.39 is 0 Å². The van der Waals surface area contributed by atoms with Crippen molar-refractivity contribution in [2.75, 3.05) is 11.6 Å². The summed E-state index contributed by atoms with van der Waals surface area (Å²) in [6.07, 6.45) is 0.992. The summed E-state index contributed by atoms with van der Waals surface area (Å²) in [5, 5.41) is 6.09. The number of amides is 1. The van der Waals surface area contributed by atoms with Crippen LogP contribution in [0.5, 0.6) is 0 Å². The number of carbonyl (C=O) groups is 1. The Hall–Kier alpha value is 0.0700. The van der Waals surface area contributed by atoms with Gasteiger partial charge in [-0.25, -0.2) is 0 Å². The number of thioether (sulfide) groups is 1. The molecule has 1 saturated heterocycles. The Balaban J connectivity index is 0.00000144. The van der Waals surface area contributed by atoms with E-state index >= 15 is 0 Å². The van der Waals surface area contributed by atoms with E-state index in [-0.39, 0.29) is 24.4 Å². The second-order valence-electron chi connectivity index (χ2n) is 3.09. The zero-order valence-electron chi connectivity index (χ0n) is 8.00. The average molecular weight is 225 g/mol. The second kappa shape index (κ2) is 6.51. The Morgan fingerprint density at radius 1 is 1.77 bits per heavy atom. The van der Waals surface area contributed by atoms with Gasteiger partial charge in [0.1, 0.15) is 0 Å². The molecule has 1 amide bonds. The molecule has 0 bridgehead atoms. The molecule has 2 unspecified atom stereocenters. The van der Waals surface area contributed by atoms with Crippen molar-refractivity contribution in [3.63, 3.8) is 0 Å². The second-order valence-corrected chi connectivity index (χ2v) is 4.12. The lowest BCUT2D eigenvalue weighted by Gasteiger charge is -2.14. The summed E-state index contributed by atoms with van der Waals surface area (Å²) in [4.78, 5) is 11.4. The molecule has 2 atom stereocenters. The predicted molar refractivity (Wildman–Crippen MR) is 59.4 cm³/mol. The summed E-state index contributed by atoms with van der Waals surface area (Å²) in [5.74, 6) is 1.95. The van der Waals surface area contributed by atoms with Crippen LogP contribution >= 0.6 is 24.2 Å². The van der Waals surface area contributed by atoms with Crippen LogP contribution in [0.2, 0.25) is 0 Å². The average Bonchev–Trinajstić information content (AvgIpc) is 2.56. The Kier molecular flexibility index (Phi) is 6.55. The summed E-state index contributed by atoms with van der Waals surface area (Å²) >= 11 is 1.77. The van der Waals surface area contributed by atoms with Gasteiger partial charge in [-0.1, -0.05) is 6.92 Å². The third kappa shape index (κ3) is 4.20. The molecule has 2 N–H and O–H groups in total. The van der Waals surface area contributed by atoms with Gasteiger partial charge in [-0.15, -0.1) is 24.2 Å². The van der Waals surface area contributed by atoms with Crippen LogP contribution < -0.4 is 10.6 Å². The molecule has 1 aliphatic rings. The highest BCUT2D eigenvalue weighted by Gasteiger charge is 2.22. The fourth-order valence-electron chi connectivity index (χ4n) is 1.01. The smallest absolute Gasteiger partial charge is 0.238 e. The topological polar surface area (TPSA) is 41.1 Å². The summed E-state index contributed by atoms with van der Waals surface area (Å²) < 4.78 is 0. The summed E-state index contributed by atoms with van der Waals surface area (Å²) in [5.41, 5.74) is 0. The van der Waals surface area contributed by atoms with Crippen molar-refractivity contribution in [2.24, 2.45) is 0 Å². The van der Waals surface area contributed by atoms with Gasteiger partial charge in [-0.2, -0.15) is 0 Å². The first-order valence-electron chi connectivity index (χ1n) is 4.35. The normalized spacial score (nSPS) is 23.4. The number of carbonyl (C=O) groups excluding carboxylic acids is 1. The Labute approximate surface area is 89.8 Å². The van der Waals surface area contributed by atoms with E-state index in [0.717, 1.165) is 18.1 Å². The minimum absolute atomic E-state index is 0. The van der Waals surface area contributed by atoms with Crippen LogP contribution in [0, 0.1) is 0 Å². The first-order chi connectivity index (χ1) is 5.74. The van der Waals surface area contributed by atoms with E-state index in [1.165, 1.54) is 0 Å². The number of halogens is 1. The zero-order valence-corrected chi connectivity index (χ0v) is 9.63. The van der Waals surface area contributed by atoms with Crippen molar-refractivity contribution in [1.29, 1.82) is 0 Å². The molecule has 0 saturated carbocycles. The number of rotatable bonds is 3. The summed E-state index contributed by atoms with van der Waals surface area (Å²) in [6.45, 7) is 4.10. The Bertz CT molecular complexity index is 162. The van der Waals surface area contributed by atoms with Crippen LogP contribution in [-0.4, -0.2) is 29.6 Å². The first kappa shape index (κ1) is 13.1. The molecule has 1 rings (SSSR count). The third-order valence-electron chi connectivity index (χ3n) is 2.03. The minimum Gasteiger partial charge on any atom is -0.352 e. The molecule has 5 heteroatoms. The van der Waals surface area contributed by atoms with Gasteiger partial charge in [-0.05, 0) is 13.3 Å². The van der Waals surface area contributed by atoms with E-state index in [4.69, 9.17) is 0 Å². The van der Waals surface area contributed by atoms with Gasteiger partial charge in [0.15, 0.2) is 0 Å². The van der Waals surface area contributed by atoms with Crippen LogP contribution in [0.4, 0.5) is 0 Å². The SMILES string of the molecule is CCC(C)NC(=O)C1CSCN1.Cl. The molecule has 0 aromatic rings. The molecule has 1 heterocycles. The van der Waals surface area contributed by atoms with Crippen LogP contribution in [0.15, 0.2) is 0 Å². The van der Waals surface area contributed by atoms with Crippen molar-refractivity contribution < 1.29 is 4.79 Å². The van der Waals surface area contributed by atoms with Gasteiger partial charge in [0.05, 0.1) is 6.04 Å². The molecule has 1 aliphatic heterocycles. The zero-order chi connectivity index (χ0) is 8.97. The quantitative estimate of drug-likeness (QED) is 0.751. The van der Waals surface area contributed by atoms with E-state index in [1.807, 2.05) is 6.92 Å². The number of hydrogen-bond acceptors (Lipinski definition) is 3. The lowest BCUT2D eigenvalue weighted by atomic mass is 10.2. The minimum atomic E-state index is 0. The third-order valence-corrected chi connectivity index (χ3v) is 2.97. The van der Waals surface area contributed by atoms with Gasteiger partial charge in [0, 0.05) is 17.7 Å². The lowest BCUT2D eigenvalue weighted by molar-refractivity contribution is -0.123. The fourth-order valence-corrected chi connectivity index (χ4v) is 1.95. The maximum Gasteiger partial charge on any atom is 0.238 e. The van der Waals surface area contributed by atoms with E-state index in [1.54, 1.807) is 11.8 Å². The number of nitrogens with one attached hydrogen (secondary N) is 2. The first-order valence-corrected chi connectivity index (χ1v) is 5.51. The largest absolute Gasteiger partial charge is 0.352 e. The fraction of sp³-hybridized carbons (Fsp3) is 0.875. The van der Waals surface area contributed by atoms with Gasteiger partial charge in [-0.3, -0.25) is 10.1 Å². The molecular formula is C8H17ClN2OS. The van der Waals surface area contributed by atoms with Crippen LogP contribution in [0.1, 0.15) is 20.3 Å². The van der Waals surface area contributed by atoms with Crippen LogP contribution in [-0.2, 0) is 4.79 Å². The van der Waals surface area contributed by atoms with Crippen molar-refractivity contribution >= 4 is 30.1 Å². The van der Waals surface area contributed by atoms with Gasteiger partial charge < -0.3 is 5.32 Å². The molecule has 3 nitrogen and oxygen atoms in total. The van der Waals surface area contributed by atoms with Crippen LogP contribution in [0.3, 0.4) is 0 Å². The highest BCUT2D eigenvalue weighted by molar-refractivity contribution is 7.99. The predicted octanol–water partition coefficient (Wildman–Crippen LogP) is 0.985. The summed E-state index contributed by atoms with van der Waals surface area (Å²) in [6, 6.07) is 0.328. The van der Waals surface area contributed by atoms with Crippen molar-refractivity contribution in [2.45, 2.75) is 32.4 Å². The Morgan fingerprint density at radius 3 is 2.92 bits per heavy atom. The Morgan fingerprint density at radius 2 is 2.46 bits per heavy atom. The number of hydrogen-bond donors (Lipinski definition) is 2. The van der Waals surface area contributed by atoms with Crippen molar-refractivity contribution in [3.05, 3.63) is 0 Å². The molecule has 0 aromatic carbocycles. The van der Waals surface area contributed by atoms with Crippen molar-refractivity contribution in [3.8, 4) is 0 Å². The van der Waals surface area contributed by atoms with Gasteiger partial charge >= 0.3 is 0 Å². The molecule has 1 fully saturated rings. The molecule has 78 valence electrons. The van der Waals surface area contributed by atoms with E-state index in [9.17, 15) is 4.79 Å². The summed E-state index contributed by atoms with van der Waals surface area (Å²) in [7, 11) is 0. The standard InChI is InChI=1S/C8H16N2OS.ClH/c1-3-6(2)10-8(11)7-4-12-5-9-7;/h6-7,9H,3-5H2,1-2H3,(H,10,11);1H. The van der Waals surface area contributed by atoms with E-state index in [2.05, 4.69) is 17.6 Å². The molecule has 0 aliphatic carbocycles. The molecular weight excluding hydrogens is 208 g/mol. The highest BCUT2D eigenvalue weighted by atomic mass is 35.5. The molecule has 0 spiro atoms. The van der Waals surface area contributed by atoms with Gasteiger partial charge in [0.25, 0.3) is 0 Å². The van der Waals surface area contributed by atoms with Crippen molar-refractivity contribution in [1.82, 2.24) is 10.6 Å². The molecule has 0 radical (unpaired) electrons. The van der Waals surface area contributed by atoms with E-state index in [0.29, 0.717) is 6.04 Å². The van der Waals surface area contributed by atoms with Crippen LogP contribution in [0.25, 0.3) is 0 Å². The highest BCUT2D eigenvalue weighted by Crippen LogP contribution is 2.09. The maximum absolute atomic E-state index is 11.4. The lowest BCUT2D eigenvalue weighted by Crippen LogP contribution is -2.45. The monoisotopic (exact) mass is 224 g/mol.